The van der Waals surface area contributed by atoms with E-state index >= 15 is 0 Å². The van der Waals surface area contributed by atoms with Crippen LogP contribution in [0.5, 0.6) is 0 Å². The largest absolute Gasteiger partial charge is 0.346 e. The van der Waals surface area contributed by atoms with Crippen LogP contribution in [0.2, 0.25) is 0 Å². The van der Waals surface area contributed by atoms with Gasteiger partial charge in [0.1, 0.15) is 5.01 Å². The molecule has 1 heterocycles. The Bertz CT molecular complexity index is 1080. The molecule has 3 aromatic rings. The Morgan fingerprint density at radius 1 is 1.17 bits per heavy atom. The third-order valence-corrected chi connectivity index (χ3v) is 5.98. The van der Waals surface area contributed by atoms with Gasteiger partial charge in [-0.15, -0.1) is 11.3 Å². The maximum atomic E-state index is 12.7. The van der Waals surface area contributed by atoms with Gasteiger partial charge in [0.2, 0.25) is 5.91 Å². The molecule has 158 valence electrons. The quantitative estimate of drug-likeness (QED) is 0.404. The number of nitrogens with zero attached hydrogens (tertiary/aromatic N) is 1. The van der Waals surface area contributed by atoms with Crippen LogP contribution in [-0.4, -0.2) is 15.1 Å². The van der Waals surface area contributed by atoms with Gasteiger partial charge in [0.05, 0.1) is 18.2 Å². The number of hydrogen-bond acceptors (Lipinski definition) is 5. The second kappa shape index (κ2) is 9.84. The van der Waals surface area contributed by atoms with Gasteiger partial charge >= 0.3 is 0 Å². The lowest BCUT2D eigenvalue weighted by atomic mass is 10.0. The third-order valence-electron chi connectivity index (χ3n) is 4.44. The number of nitrogens with one attached hydrogen (secondary N) is 3. The van der Waals surface area contributed by atoms with Crippen molar-refractivity contribution in [3.05, 3.63) is 81.8 Å². The predicted octanol–water partition coefficient (Wildman–Crippen LogP) is 3.60. The first-order valence-electron chi connectivity index (χ1n) is 9.53. The molecule has 2 aromatic carbocycles. The molecule has 0 spiro atoms. The van der Waals surface area contributed by atoms with Gasteiger partial charge in [0, 0.05) is 11.1 Å². The maximum Gasteiger partial charge on any atom is 0.224 e. The molecule has 0 aliphatic heterocycles. The van der Waals surface area contributed by atoms with Crippen LogP contribution in [0.1, 0.15) is 34.8 Å². The van der Waals surface area contributed by atoms with Gasteiger partial charge in [-0.3, -0.25) is 9.52 Å². The first kappa shape index (κ1) is 21.9. The first-order chi connectivity index (χ1) is 14.3. The monoisotopic (exact) mass is 443 g/mol. The van der Waals surface area contributed by atoms with Gasteiger partial charge in [-0.2, -0.15) is 0 Å². The molecular formula is C21H25N5O2S2. The highest BCUT2D eigenvalue weighted by Gasteiger charge is 2.19. The van der Waals surface area contributed by atoms with E-state index in [4.69, 9.17) is 9.92 Å². The van der Waals surface area contributed by atoms with Crippen molar-refractivity contribution in [3.63, 3.8) is 0 Å². The van der Waals surface area contributed by atoms with Gasteiger partial charge in [-0.25, -0.2) is 19.1 Å². The Balaban J connectivity index is 1.75. The smallest absolute Gasteiger partial charge is 0.224 e. The van der Waals surface area contributed by atoms with Crippen LogP contribution in [0.3, 0.4) is 0 Å². The Morgan fingerprint density at radius 3 is 2.47 bits per heavy atom. The van der Waals surface area contributed by atoms with Gasteiger partial charge < -0.3 is 5.32 Å². The van der Waals surface area contributed by atoms with Crippen molar-refractivity contribution in [1.29, 1.82) is 4.78 Å². The number of nitrogens with two attached hydrogens (primary N) is 1. The van der Waals surface area contributed by atoms with E-state index in [0.29, 0.717) is 18.5 Å². The van der Waals surface area contributed by atoms with Crippen LogP contribution in [-0.2, 0) is 34.2 Å². The van der Waals surface area contributed by atoms with E-state index in [2.05, 4.69) is 21.9 Å². The van der Waals surface area contributed by atoms with E-state index in [-0.39, 0.29) is 11.9 Å². The lowest BCUT2D eigenvalue weighted by Crippen LogP contribution is -2.31. The molecule has 1 amide bonds. The van der Waals surface area contributed by atoms with Crippen molar-refractivity contribution in [2.45, 2.75) is 32.2 Å². The number of amides is 1. The number of anilines is 1. The summed E-state index contributed by atoms with van der Waals surface area (Å²) in [6.07, 6.45) is 1.71. The molecule has 0 bridgehead atoms. The van der Waals surface area contributed by atoms with Crippen molar-refractivity contribution >= 4 is 33.0 Å². The number of aromatic nitrogens is 1. The van der Waals surface area contributed by atoms with Gasteiger partial charge in [0.25, 0.3) is 0 Å². The molecule has 1 unspecified atom stereocenters. The summed E-state index contributed by atoms with van der Waals surface area (Å²) < 4.78 is 21.1. The second-order valence-electron chi connectivity index (χ2n) is 6.92. The highest BCUT2D eigenvalue weighted by Crippen LogP contribution is 2.24. The molecule has 0 aliphatic carbocycles. The number of benzene rings is 2. The highest BCUT2D eigenvalue weighted by molar-refractivity contribution is 7.91. The lowest BCUT2D eigenvalue weighted by molar-refractivity contribution is -0.121. The lowest BCUT2D eigenvalue weighted by Gasteiger charge is -2.17. The zero-order chi connectivity index (χ0) is 21.6. The number of rotatable bonds is 9. The van der Waals surface area contributed by atoms with E-state index in [0.717, 1.165) is 28.2 Å². The fourth-order valence-electron chi connectivity index (χ4n) is 2.99. The fourth-order valence-corrected chi connectivity index (χ4v) is 4.43. The molecule has 9 heteroatoms. The van der Waals surface area contributed by atoms with E-state index in [1.807, 2.05) is 47.8 Å². The molecule has 0 aliphatic rings. The van der Waals surface area contributed by atoms with Gasteiger partial charge in [-0.1, -0.05) is 49.4 Å². The van der Waals surface area contributed by atoms with Crippen molar-refractivity contribution in [2.75, 3.05) is 4.72 Å². The summed E-state index contributed by atoms with van der Waals surface area (Å²) in [4.78, 5) is 17.3. The third kappa shape index (κ3) is 6.65. The van der Waals surface area contributed by atoms with E-state index in [9.17, 15) is 9.00 Å². The molecular weight excluding hydrogens is 418 g/mol. The Kier molecular flexibility index (Phi) is 7.20. The van der Waals surface area contributed by atoms with Crippen LogP contribution in [0, 0.1) is 4.78 Å². The molecule has 7 nitrogen and oxygen atoms in total. The summed E-state index contributed by atoms with van der Waals surface area (Å²) in [5.74, 6) is -0.0604. The summed E-state index contributed by atoms with van der Waals surface area (Å²) >= 11 is 1.54. The SMILES string of the molecule is CCc1csc([C@H](Cc2ccc(NS(=N)(N)=O)cc2)NC(=O)Cc2ccccc2)n1. The molecule has 3 rings (SSSR count). The zero-order valence-corrected chi connectivity index (χ0v) is 18.3. The summed E-state index contributed by atoms with van der Waals surface area (Å²) in [5.41, 5.74) is 3.45. The molecule has 1 aromatic heterocycles. The molecule has 0 saturated carbocycles. The summed E-state index contributed by atoms with van der Waals surface area (Å²) in [6, 6.07) is 16.5. The minimum atomic E-state index is -3.32. The zero-order valence-electron chi connectivity index (χ0n) is 16.6. The van der Waals surface area contributed by atoms with Crippen molar-refractivity contribution in [2.24, 2.45) is 5.14 Å². The van der Waals surface area contributed by atoms with Crippen LogP contribution < -0.4 is 15.2 Å². The van der Waals surface area contributed by atoms with Gasteiger partial charge in [0.15, 0.2) is 10.1 Å². The summed E-state index contributed by atoms with van der Waals surface area (Å²) in [6.45, 7) is 2.05. The molecule has 0 fully saturated rings. The first-order valence-corrected chi connectivity index (χ1v) is 12.0. The average molecular weight is 444 g/mol. The molecule has 5 N–H and O–H groups in total. The van der Waals surface area contributed by atoms with E-state index in [1.54, 1.807) is 23.5 Å². The molecule has 0 saturated heterocycles. The number of carbonyl (C=O) groups excluding carboxylic acids is 1. The normalized spacial score (nSPS) is 13.9. The Morgan fingerprint density at radius 2 is 1.87 bits per heavy atom. The van der Waals surface area contributed by atoms with Crippen molar-refractivity contribution in [1.82, 2.24) is 10.3 Å². The summed E-state index contributed by atoms with van der Waals surface area (Å²) in [7, 11) is -3.32. The van der Waals surface area contributed by atoms with E-state index < -0.39 is 10.1 Å². The number of carbonyl (C=O) groups is 1. The van der Waals surface area contributed by atoms with Crippen LogP contribution in [0.4, 0.5) is 5.69 Å². The number of aryl methyl sites for hydroxylation is 1. The number of thiazole rings is 1. The average Bonchev–Trinajstić information content (AvgIpc) is 3.18. The molecule has 2 atom stereocenters. The highest BCUT2D eigenvalue weighted by atomic mass is 32.2. The topological polar surface area (TPSA) is 121 Å². The van der Waals surface area contributed by atoms with Gasteiger partial charge in [-0.05, 0) is 36.1 Å². The maximum absolute atomic E-state index is 12.7. The fraction of sp³-hybridized carbons (Fsp3) is 0.238. The Labute approximate surface area is 181 Å². The minimum absolute atomic E-state index is 0.0604. The standard InChI is InChI=1S/C21H25N5O2S2/c1-2-17-14-29-21(24-17)19(25-20(27)13-15-6-4-3-5-7-15)12-16-8-10-18(11-9-16)26-30(22,23)28/h3-11,14,19H,2,12-13H2,1H3,(H,25,27)(H4,22,23,26,28)/t19-/m0/s1. The van der Waals surface area contributed by atoms with Crippen LogP contribution in [0.15, 0.2) is 60.0 Å². The van der Waals surface area contributed by atoms with Crippen molar-refractivity contribution < 1.29 is 9.00 Å². The van der Waals surface area contributed by atoms with Crippen molar-refractivity contribution in [3.8, 4) is 0 Å². The predicted molar refractivity (Wildman–Crippen MR) is 121 cm³/mol. The summed E-state index contributed by atoms with van der Waals surface area (Å²) in [5, 5.41) is 11.2. The Hall–Kier alpha value is -2.75. The molecule has 30 heavy (non-hydrogen) atoms. The second-order valence-corrected chi connectivity index (χ2v) is 9.21. The van der Waals surface area contributed by atoms with Crippen LogP contribution in [0.25, 0.3) is 0 Å². The van der Waals surface area contributed by atoms with Crippen LogP contribution >= 0.6 is 11.3 Å². The molecule has 0 radical (unpaired) electrons. The van der Waals surface area contributed by atoms with E-state index in [1.165, 1.54) is 0 Å². The number of hydrogen-bond donors (Lipinski definition) is 4. The minimum Gasteiger partial charge on any atom is -0.346 e.